The maximum absolute atomic E-state index is 12.6. The van der Waals surface area contributed by atoms with E-state index in [2.05, 4.69) is 22.3 Å². The molecule has 3 rings (SSSR count). The number of carbonyl (C=O) groups excluding carboxylic acids is 1. The largest absolute Gasteiger partial charge is 0.382 e. The molecule has 0 spiro atoms. The van der Waals surface area contributed by atoms with Gasteiger partial charge in [-0.3, -0.25) is 4.79 Å². The van der Waals surface area contributed by atoms with Crippen molar-refractivity contribution in [2.24, 2.45) is 5.16 Å². The molecule has 0 N–H and O–H groups in total. The maximum Gasteiger partial charge on any atom is 0.267 e. The third-order valence-corrected chi connectivity index (χ3v) is 5.23. The van der Waals surface area contributed by atoms with Crippen LogP contribution in [0.25, 0.3) is 0 Å². The zero-order chi connectivity index (χ0) is 16.9. The van der Waals surface area contributed by atoms with Crippen LogP contribution < -0.4 is 0 Å². The average Bonchev–Trinajstić information content (AvgIpc) is 3.30. The second-order valence-corrected chi connectivity index (χ2v) is 6.86. The van der Waals surface area contributed by atoms with Crippen LogP contribution in [0, 0.1) is 0 Å². The number of thiazole rings is 1. The van der Waals surface area contributed by atoms with Crippen molar-refractivity contribution in [3.8, 4) is 0 Å². The molecule has 1 amide bonds. The molecule has 0 bridgehead atoms. The highest BCUT2D eigenvalue weighted by Gasteiger charge is 2.32. The first-order valence-electron chi connectivity index (χ1n) is 8.06. The number of hydrogen-bond donors (Lipinski definition) is 0. The van der Waals surface area contributed by atoms with Crippen molar-refractivity contribution in [1.29, 1.82) is 0 Å². The maximum atomic E-state index is 12.6. The molecule has 0 saturated carbocycles. The number of aromatic nitrogens is 1. The third-order valence-electron chi connectivity index (χ3n) is 4.29. The summed E-state index contributed by atoms with van der Waals surface area (Å²) in [4.78, 5) is 24.0. The van der Waals surface area contributed by atoms with Crippen molar-refractivity contribution in [1.82, 2.24) is 9.88 Å². The lowest BCUT2D eigenvalue weighted by Crippen LogP contribution is -2.38. The van der Waals surface area contributed by atoms with Gasteiger partial charge in [-0.05, 0) is 25.3 Å². The highest BCUT2D eigenvalue weighted by Crippen LogP contribution is 2.24. The van der Waals surface area contributed by atoms with Gasteiger partial charge in [-0.15, -0.1) is 11.3 Å². The van der Waals surface area contributed by atoms with E-state index in [1.165, 1.54) is 5.56 Å². The summed E-state index contributed by atoms with van der Waals surface area (Å²) < 4.78 is 0. The predicted molar refractivity (Wildman–Crippen MR) is 95.0 cm³/mol. The van der Waals surface area contributed by atoms with Gasteiger partial charge >= 0.3 is 0 Å². The van der Waals surface area contributed by atoms with Gasteiger partial charge in [-0.1, -0.05) is 35.5 Å². The number of amides is 1. The van der Waals surface area contributed by atoms with Crippen LogP contribution in [0.2, 0.25) is 0 Å². The van der Waals surface area contributed by atoms with Gasteiger partial charge in [0.05, 0.1) is 11.8 Å². The van der Waals surface area contributed by atoms with E-state index in [0.717, 1.165) is 23.6 Å². The molecule has 1 aromatic carbocycles. The second-order valence-electron chi connectivity index (χ2n) is 5.94. The Morgan fingerprint density at radius 3 is 2.88 bits per heavy atom. The summed E-state index contributed by atoms with van der Waals surface area (Å²) in [5.74, 6) is -0.0452. The molecule has 1 aliphatic heterocycles. The van der Waals surface area contributed by atoms with Gasteiger partial charge in [0.25, 0.3) is 5.91 Å². The molecule has 2 atom stereocenters. The molecular formula is C18H21N3O2S. The SMILES string of the molecule is C[C@@H](c1nccs1)N(C)C(=O)[C@H]1CC(CCc2ccccc2)=NO1. The van der Waals surface area contributed by atoms with Crippen LogP contribution in [0.4, 0.5) is 0 Å². The summed E-state index contributed by atoms with van der Waals surface area (Å²) in [5, 5.41) is 6.96. The molecular weight excluding hydrogens is 322 g/mol. The molecule has 0 saturated heterocycles. The van der Waals surface area contributed by atoms with E-state index in [1.807, 2.05) is 30.5 Å². The number of likely N-dealkylation sites (N-methyl/N-ethyl adjacent to an activating group) is 1. The number of rotatable bonds is 6. The van der Waals surface area contributed by atoms with E-state index in [-0.39, 0.29) is 11.9 Å². The summed E-state index contributed by atoms with van der Waals surface area (Å²) in [6, 6.07) is 10.2. The van der Waals surface area contributed by atoms with Gasteiger partial charge in [0.2, 0.25) is 6.10 Å². The minimum absolute atomic E-state index is 0.0452. The normalized spacial score (nSPS) is 17.9. The number of oxime groups is 1. The van der Waals surface area contributed by atoms with E-state index in [4.69, 9.17) is 4.84 Å². The zero-order valence-electron chi connectivity index (χ0n) is 13.9. The molecule has 1 aromatic heterocycles. The lowest BCUT2D eigenvalue weighted by atomic mass is 10.0. The van der Waals surface area contributed by atoms with Crippen LogP contribution in [-0.2, 0) is 16.1 Å². The molecule has 6 heteroatoms. The van der Waals surface area contributed by atoms with E-state index in [9.17, 15) is 4.79 Å². The van der Waals surface area contributed by atoms with Crippen LogP contribution in [0.3, 0.4) is 0 Å². The monoisotopic (exact) mass is 343 g/mol. The van der Waals surface area contributed by atoms with Gasteiger partial charge < -0.3 is 9.74 Å². The third kappa shape index (κ3) is 3.82. The van der Waals surface area contributed by atoms with Crippen molar-refractivity contribution < 1.29 is 9.63 Å². The standard InChI is InChI=1S/C18H21N3O2S/c1-13(17-19-10-11-24-17)21(2)18(22)16-12-15(20-23-16)9-8-14-6-4-3-5-7-14/h3-7,10-11,13,16H,8-9,12H2,1-2H3/t13-,16+/m0/s1. The van der Waals surface area contributed by atoms with Crippen LogP contribution in [0.1, 0.15) is 36.4 Å². The summed E-state index contributed by atoms with van der Waals surface area (Å²) in [5.41, 5.74) is 2.22. The molecule has 2 aromatic rings. The number of carbonyl (C=O) groups is 1. The van der Waals surface area contributed by atoms with Crippen molar-refractivity contribution in [3.05, 3.63) is 52.5 Å². The van der Waals surface area contributed by atoms with E-state index >= 15 is 0 Å². The fourth-order valence-corrected chi connectivity index (χ4v) is 3.40. The van der Waals surface area contributed by atoms with E-state index in [0.29, 0.717) is 6.42 Å². The highest BCUT2D eigenvalue weighted by molar-refractivity contribution is 7.09. The van der Waals surface area contributed by atoms with Crippen molar-refractivity contribution in [2.45, 2.75) is 38.3 Å². The molecule has 5 nitrogen and oxygen atoms in total. The van der Waals surface area contributed by atoms with Gasteiger partial charge in [-0.25, -0.2) is 4.98 Å². The lowest BCUT2D eigenvalue weighted by Gasteiger charge is -2.25. The Kier molecular flexibility index (Phi) is 5.25. The quantitative estimate of drug-likeness (QED) is 0.807. The van der Waals surface area contributed by atoms with Gasteiger partial charge in [0, 0.05) is 25.0 Å². The number of hydrogen-bond acceptors (Lipinski definition) is 5. The lowest BCUT2D eigenvalue weighted by molar-refractivity contribution is -0.142. The summed E-state index contributed by atoms with van der Waals surface area (Å²) in [6.45, 7) is 1.98. The van der Waals surface area contributed by atoms with Crippen molar-refractivity contribution in [2.75, 3.05) is 7.05 Å². The molecule has 0 unspecified atom stereocenters. The van der Waals surface area contributed by atoms with Gasteiger partial charge in [0.15, 0.2) is 0 Å². The average molecular weight is 343 g/mol. The van der Waals surface area contributed by atoms with Crippen LogP contribution in [0.15, 0.2) is 47.1 Å². The molecule has 1 aliphatic rings. The predicted octanol–water partition coefficient (Wildman–Crippen LogP) is 3.44. The topological polar surface area (TPSA) is 54.8 Å². The van der Waals surface area contributed by atoms with Crippen LogP contribution in [-0.4, -0.2) is 34.7 Å². The Labute approximate surface area is 146 Å². The number of aryl methyl sites for hydroxylation is 1. The number of nitrogens with zero attached hydrogens (tertiary/aromatic N) is 3. The van der Waals surface area contributed by atoms with Crippen molar-refractivity contribution in [3.63, 3.8) is 0 Å². The Morgan fingerprint density at radius 2 is 2.17 bits per heavy atom. The van der Waals surface area contributed by atoms with Crippen LogP contribution >= 0.6 is 11.3 Å². The second kappa shape index (κ2) is 7.57. The zero-order valence-corrected chi connectivity index (χ0v) is 14.7. The van der Waals surface area contributed by atoms with E-state index in [1.54, 1.807) is 29.5 Å². The summed E-state index contributed by atoms with van der Waals surface area (Å²) in [6.07, 6.45) is 3.55. The van der Waals surface area contributed by atoms with Crippen molar-refractivity contribution >= 4 is 23.0 Å². The smallest absolute Gasteiger partial charge is 0.267 e. The molecule has 0 fully saturated rings. The fraction of sp³-hybridized carbons (Fsp3) is 0.389. The Hall–Kier alpha value is -2.21. The molecule has 24 heavy (non-hydrogen) atoms. The minimum Gasteiger partial charge on any atom is -0.382 e. The number of benzene rings is 1. The molecule has 126 valence electrons. The Morgan fingerprint density at radius 1 is 1.38 bits per heavy atom. The minimum atomic E-state index is -0.511. The van der Waals surface area contributed by atoms with Gasteiger partial charge in [-0.2, -0.15) is 0 Å². The first-order valence-corrected chi connectivity index (χ1v) is 8.94. The molecule has 0 aliphatic carbocycles. The highest BCUT2D eigenvalue weighted by atomic mass is 32.1. The molecule has 0 radical (unpaired) electrons. The Balaban J connectivity index is 1.51. The van der Waals surface area contributed by atoms with Crippen LogP contribution in [0.5, 0.6) is 0 Å². The first kappa shape index (κ1) is 16.6. The van der Waals surface area contributed by atoms with E-state index < -0.39 is 6.10 Å². The molecule has 2 heterocycles. The van der Waals surface area contributed by atoms with Gasteiger partial charge in [0.1, 0.15) is 5.01 Å². The first-order chi connectivity index (χ1) is 11.6. The fourth-order valence-electron chi connectivity index (χ4n) is 2.66. The summed E-state index contributed by atoms with van der Waals surface area (Å²) >= 11 is 1.55. The Bertz CT molecular complexity index is 700. The summed E-state index contributed by atoms with van der Waals surface area (Å²) in [7, 11) is 1.79.